The van der Waals surface area contributed by atoms with Crippen LogP contribution in [-0.4, -0.2) is 10.9 Å². The Bertz CT molecular complexity index is 1020. The van der Waals surface area contributed by atoms with Crippen LogP contribution >= 0.6 is 34.5 Å². The summed E-state index contributed by atoms with van der Waals surface area (Å²) >= 11 is 13.4. The fourth-order valence-electron chi connectivity index (χ4n) is 2.55. The smallest absolute Gasteiger partial charge is 0.250 e. The largest absolute Gasteiger partial charge is 0.298 e. The maximum Gasteiger partial charge on any atom is 0.250 e. The predicted octanol–water partition coefficient (Wildman–Crippen LogP) is 7.07. The monoisotopic (exact) mass is 430 g/mol. The van der Waals surface area contributed by atoms with Gasteiger partial charge in [-0.3, -0.25) is 10.1 Å². The molecule has 1 heterocycles. The van der Waals surface area contributed by atoms with Crippen molar-refractivity contribution in [3.05, 3.63) is 75.1 Å². The number of anilines is 1. The van der Waals surface area contributed by atoms with Gasteiger partial charge in [0.2, 0.25) is 5.91 Å². The molecule has 6 heteroatoms. The Morgan fingerprint density at radius 1 is 1.11 bits per heavy atom. The van der Waals surface area contributed by atoms with Crippen molar-refractivity contribution in [3.63, 3.8) is 0 Å². The highest BCUT2D eigenvalue weighted by molar-refractivity contribution is 7.14. The fourth-order valence-corrected chi connectivity index (χ4v) is 3.75. The first-order valence-electron chi connectivity index (χ1n) is 8.73. The van der Waals surface area contributed by atoms with E-state index in [0.717, 1.165) is 16.8 Å². The average Bonchev–Trinajstić information content (AvgIpc) is 3.09. The molecule has 2 aromatic carbocycles. The number of aromatic nitrogens is 1. The van der Waals surface area contributed by atoms with Crippen LogP contribution in [0.5, 0.6) is 0 Å². The number of nitrogens with zero attached hydrogens (tertiary/aromatic N) is 1. The summed E-state index contributed by atoms with van der Waals surface area (Å²) in [6, 6.07) is 13.5. The van der Waals surface area contributed by atoms with Gasteiger partial charge in [-0.25, -0.2) is 4.98 Å². The van der Waals surface area contributed by atoms with Crippen molar-refractivity contribution in [2.24, 2.45) is 0 Å². The summed E-state index contributed by atoms with van der Waals surface area (Å²) in [7, 11) is 0. The highest BCUT2D eigenvalue weighted by atomic mass is 35.5. The molecule has 0 spiro atoms. The third-order valence-corrected chi connectivity index (χ3v) is 5.48. The molecule has 1 amide bonds. The lowest BCUT2D eigenvalue weighted by molar-refractivity contribution is -0.111. The van der Waals surface area contributed by atoms with Crippen LogP contribution in [0.15, 0.2) is 53.9 Å². The number of rotatable bonds is 4. The average molecular weight is 431 g/mol. The third kappa shape index (κ3) is 5.22. The molecule has 28 heavy (non-hydrogen) atoms. The first kappa shape index (κ1) is 20.6. The van der Waals surface area contributed by atoms with E-state index in [1.165, 1.54) is 23.0 Å². The summed E-state index contributed by atoms with van der Waals surface area (Å²) in [5.74, 6) is -0.269. The topological polar surface area (TPSA) is 42.0 Å². The highest BCUT2D eigenvalue weighted by Gasteiger charge is 2.14. The van der Waals surface area contributed by atoms with E-state index in [-0.39, 0.29) is 11.3 Å². The Balaban J connectivity index is 1.67. The Morgan fingerprint density at radius 3 is 2.46 bits per heavy atom. The lowest BCUT2D eigenvalue weighted by Gasteiger charge is -2.18. The summed E-state index contributed by atoms with van der Waals surface area (Å²) in [5, 5.41) is 6.31. The molecule has 0 aliphatic carbocycles. The van der Waals surface area contributed by atoms with Gasteiger partial charge in [0.25, 0.3) is 0 Å². The quantitative estimate of drug-likeness (QED) is 0.449. The minimum atomic E-state index is -0.269. The van der Waals surface area contributed by atoms with Gasteiger partial charge in [0.1, 0.15) is 0 Å². The molecule has 0 fully saturated rings. The van der Waals surface area contributed by atoms with Crippen LogP contribution in [0.2, 0.25) is 10.0 Å². The maximum absolute atomic E-state index is 12.2. The minimum absolute atomic E-state index is 0.110. The number of amides is 1. The van der Waals surface area contributed by atoms with Crippen molar-refractivity contribution in [1.82, 2.24) is 4.98 Å². The maximum atomic E-state index is 12.2. The van der Waals surface area contributed by atoms with Gasteiger partial charge in [0.15, 0.2) is 5.13 Å². The van der Waals surface area contributed by atoms with E-state index in [2.05, 4.69) is 55.3 Å². The zero-order chi connectivity index (χ0) is 20.3. The second kappa shape index (κ2) is 8.48. The number of nitrogens with one attached hydrogen (secondary N) is 1. The molecule has 1 aromatic heterocycles. The number of carbonyl (C=O) groups excluding carboxylic acids is 1. The summed E-state index contributed by atoms with van der Waals surface area (Å²) in [6.07, 6.45) is 3.07. The van der Waals surface area contributed by atoms with Crippen LogP contribution in [-0.2, 0) is 10.2 Å². The molecular formula is C22H20Cl2N2OS. The van der Waals surface area contributed by atoms with Crippen molar-refractivity contribution in [2.75, 3.05) is 5.32 Å². The van der Waals surface area contributed by atoms with Crippen molar-refractivity contribution in [1.29, 1.82) is 0 Å². The van der Waals surface area contributed by atoms with Gasteiger partial charge in [-0.05, 0) is 34.8 Å². The summed E-state index contributed by atoms with van der Waals surface area (Å²) < 4.78 is 0. The molecule has 3 nitrogen and oxygen atoms in total. The Morgan fingerprint density at radius 2 is 1.82 bits per heavy atom. The van der Waals surface area contributed by atoms with Crippen molar-refractivity contribution < 1.29 is 4.79 Å². The number of thiazole rings is 1. The number of benzene rings is 2. The molecule has 0 bridgehead atoms. The molecule has 3 rings (SSSR count). The molecule has 0 saturated carbocycles. The van der Waals surface area contributed by atoms with Gasteiger partial charge in [-0.1, -0.05) is 74.3 Å². The minimum Gasteiger partial charge on any atom is -0.298 e. The zero-order valence-corrected chi connectivity index (χ0v) is 18.1. The predicted molar refractivity (Wildman–Crippen MR) is 120 cm³/mol. The van der Waals surface area contributed by atoms with E-state index in [0.29, 0.717) is 15.2 Å². The van der Waals surface area contributed by atoms with Gasteiger partial charge in [0, 0.05) is 27.1 Å². The van der Waals surface area contributed by atoms with Crippen LogP contribution < -0.4 is 5.32 Å². The molecule has 1 N–H and O–H groups in total. The Kier molecular flexibility index (Phi) is 6.23. The lowest BCUT2D eigenvalue weighted by Crippen LogP contribution is -2.10. The van der Waals surface area contributed by atoms with E-state index < -0.39 is 0 Å². The third-order valence-electron chi connectivity index (χ3n) is 4.16. The second-order valence-electron chi connectivity index (χ2n) is 7.35. The van der Waals surface area contributed by atoms with Crippen LogP contribution in [0.1, 0.15) is 31.9 Å². The van der Waals surface area contributed by atoms with E-state index in [4.69, 9.17) is 23.2 Å². The summed E-state index contributed by atoms with van der Waals surface area (Å²) in [4.78, 5) is 16.7. The molecular weight excluding hydrogens is 411 g/mol. The van der Waals surface area contributed by atoms with Gasteiger partial charge in [-0.15, -0.1) is 11.3 Å². The second-order valence-corrected chi connectivity index (χ2v) is 9.06. The normalized spacial score (nSPS) is 11.8. The van der Waals surface area contributed by atoms with Crippen molar-refractivity contribution in [2.45, 2.75) is 26.2 Å². The first-order valence-corrected chi connectivity index (χ1v) is 10.4. The van der Waals surface area contributed by atoms with Crippen molar-refractivity contribution in [3.8, 4) is 11.3 Å². The SMILES string of the molecule is CC(C)(C)c1ccc(-c2csc(NC(=O)/C=C/c3ccc(Cl)cc3Cl)n2)cc1. The molecule has 0 radical (unpaired) electrons. The number of halogens is 2. The number of hydrogen-bond acceptors (Lipinski definition) is 3. The number of carbonyl (C=O) groups is 1. The lowest BCUT2D eigenvalue weighted by atomic mass is 9.86. The van der Waals surface area contributed by atoms with E-state index >= 15 is 0 Å². The van der Waals surface area contributed by atoms with E-state index in [9.17, 15) is 4.79 Å². The summed E-state index contributed by atoms with van der Waals surface area (Å²) in [6.45, 7) is 6.55. The summed E-state index contributed by atoms with van der Waals surface area (Å²) in [5.41, 5.74) is 3.96. The first-order chi connectivity index (χ1) is 13.2. The van der Waals surface area contributed by atoms with Crippen LogP contribution in [0.4, 0.5) is 5.13 Å². The molecule has 0 atom stereocenters. The zero-order valence-electron chi connectivity index (χ0n) is 15.8. The van der Waals surface area contributed by atoms with Gasteiger partial charge >= 0.3 is 0 Å². The van der Waals surface area contributed by atoms with E-state index in [1.807, 2.05) is 5.38 Å². The van der Waals surface area contributed by atoms with Crippen LogP contribution in [0.25, 0.3) is 17.3 Å². The van der Waals surface area contributed by atoms with Gasteiger partial charge < -0.3 is 0 Å². The van der Waals surface area contributed by atoms with Crippen molar-refractivity contribution >= 4 is 51.7 Å². The highest BCUT2D eigenvalue weighted by Crippen LogP contribution is 2.28. The molecule has 0 aliphatic rings. The Hall–Kier alpha value is -2.14. The fraction of sp³-hybridized carbons (Fsp3) is 0.182. The molecule has 0 unspecified atom stereocenters. The van der Waals surface area contributed by atoms with E-state index in [1.54, 1.807) is 24.3 Å². The molecule has 3 aromatic rings. The Labute approximate surface area is 179 Å². The molecule has 0 aliphatic heterocycles. The van der Waals surface area contributed by atoms with Crippen LogP contribution in [0, 0.1) is 0 Å². The van der Waals surface area contributed by atoms with Gasteiger partial charge in [0.05, 0.1) is 5.69 Å². The molecule has 144 valence electrons. The molecule has 0 saturated heterocycles. The van der Waals surface area contributed by atoms with Gasteiger partial charge in [-0.2, -0.15) is 0 Å². The number of hydrogen-bond donors (Lipinski definition) is 1. The van der Waals surface area contributed by atoms with Crippen LogP contribution in [0.3, 0.4) is 0 Å². The standard InChI is InChI=1S/C22H20Cl2N2OS/c1-22(2,3)16-8-4-15(5-9-16)19-13-28-21(25-19)26-20(27)11-7-14-6-10-17(23)12-18(14)24/h4-13H,1-3H3,(H,25,26,27)/b11-7+.